The molecular formula is C18H12O8. The monoisotopic (exact) mass is 356 g/mol. The van der Waals surface area contributed by atoms with Crippen molar-refractivity contribution in [1.29, 1.82) is 0 Å². The molecule has 0 bridgehead atoms. The molecule has 0 aliphatic heterocycles. The van der Waals surface area contributed by atoms with Crippen molar-refractivity contribution in [3.05, 3.63) is 69.8 Å². The lowest BCUT2D eigenvalue weighted by atomic mass is 10.00. The quantitative estimate of drug-likeness (QED) is 0.577. The van der Waals surface area contributed by atoms with Gasteiger partial charge in [-0.1, -0.05) is 18.2 Å². The van der Waals surface area contributed by atoms with E-state index in [-0.39, 0.29) is 33.4 Å². The van der Waals surface area contributed by atoms with Gasteiger partial charge in [0.2, 0.25) is 0 Å². The number of rotatable bonds is 6. The zero-order chi connectivity index (χ0) is 19.4. The molecular weight excluding hydrogens is 344 g/mol. The molecule has 2 rings (SSSR count). The van der Waals surface area contributed by atoms with Crippen LogP contribution in [0.1, 0.15) is 52.6 Å². The largest absolute Gasteiger partial charge is 0.478 e. The lowest BCUT2D eigenvalue weighted by Gasteiger charge is -2.05. The molecule has 0 aliphatic rings. The summed E-state index contributed by atoms with van der Waals surface area (Å²) in [5.41, 5.74) is -0.582. The van der Waals surface area contributed by atoms with Gasteiger partial charge in [0.25, 0.3) is 0 Å². The number of hydrogen-bond acceptors (Lipinski definition) is 4. The molecule has 0 heterocycles. The maximum atomic E-state index is 11.3. The van der Waals surface area contributed by atoms with Crippen molar-refractivity contribution in [1.82, 2.24) is 0 Å². The molecule has 0 radical (unpaired) electrons. The minimum Gasteiger partial charge on any atom is -0.478 e. The summed E-state index contributed by atoms with van der Waals surface area (Å²) in [6.07, 6.45) is 2.54. The number of aromatic carboxylic acids is 4. The van der Waals surface area contributed by atoms with E-state index in [1.165, 1.54) is 24.3 Å². The average Bonchev–Trinajstić information content (AvgIpc) is 2.59. The van der Waals surface area contributed by atoms with Gasteiger partial charge in [-0.25, -0.2) is 19.2 Å². The Morgan fingerprint density at radius 2 is 1.08 bits per heavy atom. The Morgan fingerprint density at radius 3 is 1.62 bits per heavy atom. The van der Waals surface area contributed by atoms with Crippen molar-refractivity contribution in [2.45, 2.75) is 0 Å². The van der Waals surface area contributed by atoms with Gasteiger partial charge in [-0.3, -0.25) is 0 Å². The third kappa shape index (κ3) is 3.93. The van der Waals surface area contributed by atoms with Gasteiger partial charge in [0, 0.05) is 0 Å². The van der Waals surface area contributed by atoms with Crippen molar-refractivity contribution >= 4 is 36.0 Å². The van der Waals surface area contributed by atoms with E-state index in [0.29, 0.717) is 0 Å². The molecule has 0 unspecified atom stereocenters. The number of carboxylic acid groups (broad SMARTS) is 4. The molecule has 4 N–H and O–H groups in total. The first-order valence-corrected chi connectivity index (χ1v) is 7.10. The van der Waals surface area contributed by atoms with Crippen molar-refractivity contribution in [3.8, 4) is 0 Å². The second-order valence-electron chi connectivity index (χ2n) is 5.16. The summed E-state index contributed by atoms with van der Waals surface area (Å²) in [7, 11) is 0. The molecule has 0 aliphatic carbocycles. The smallest absolute Gasteiger partial charge is 0.336 e. The Bertz CT molecular complexity index is 956. The van der Waals surface area contributed by atoms with Crippen LogP contribution in [0.15, 0.2) is 36.4 Å². The number of carboxylic acids is 4. The molecule has 8 nitrogen and oxygen atoms in total. The van der Waals surface area contributed by atoms with E-state index in [9.17, 15) is 29.4 Å². The highest BCUT2D eigenvalue weighted by Gasteiger charge is 2.14. The fourth-order valence-electron chi connectivity index (χ4n) is 2.23. The summed E-state index contributed by atoms with van der Waals surface area (Å²) in [4.78, 5) is 44.6. The van der Waals surface area contributed by atoms with Gasteiger partial charge in [-0.15, -0.1) is 0 Å². The Morgan fingerprint density at radius 1 is 0.577 bits per heavy atom. The summed E-state index contributed by atoms with van der Waals surface area (Å²) in [6.45, 7) is 0. The highest BCUT2D eigenvalue weighted by atomic mass is 16.4. The Hall–Kier alpha value is -3.94. The molecule has 26 heavy (non-hydrogen) atoms. The predicted molar refractivity (Wildman–Crippen MR) is 89.6 cm³/mol. The van der Waals surface area contributed by atoms with E-state index in [1.807, 2.05) is 0 Å². The third-order valence-electron chi connectivity index (χ3n) is 3.50. The lowest BCUT2D eigenvalue weighted by molar-refractivity contribution is 0.0681. The highest BCUT2D eigenvalue weighted by molar-refractivity contribution is 5.99. The van der Waals surface area contributed by atoms with Gasteiger partial charge in [0.1, 0.15) is 0 Å². The van der Waals surface area contributed by atoms with Crippen LogP contribution in [0.5, 0.6) is 0 Å². The van der Waals surface area contributed by atoms with Crippen LogP contribution in [0, 0.1) is 0 Å². The van der Waals surface area contributed by atoms with Crippen LogP contribution in [-0.4, -0.2) is 44.3 Å². The Labute approximate surface area is 146 Å². The first-order valence-electron chi connectivity index (χ1n) is 7.10. The molecule has 0 spiro atoms. The molecule has 0 amide bonds. The second kappa shape index (κ2) is 7.31. The first kappa shape index (κ1) is 18.4. The van der Waals surface area contributed by atoms with E-state index in [0.717, 1.165) is 24.3 Å². The Balaban J connectivity index is 2.54. The SMILES string of the molecule is O=C(O)c1ccc(C(=O)O)c(/C=C\c2ccc(C(=O)O)cc2C(=O)O)c1. The van der Waals surface area contributed by atoms with Gasteiger partial charge in [-0.2, -0.15) is 0 Å². The van der Waals surface area contributed by atoms with E-state index in [4.69, 9.17) is 10.2 Å². The maximum absolute atomic E-state index is 11.3. The van der Waals surface area contributed by atoms with E-state index in [2.05, 4.69) is 0 Å². The molecule has 0 saturated heterocycles. The highest BCUT2D eigenvalue weighted by Crippen LogP contribution is 2.19. The fourth-order valence-corrected chi connectivity index (χ4v) is 2.23. The summed E-state index contributed by atoms with van der Waals surface area (Å²) >= 11 is 0. The minimum absolute atomic E-state index is 0.0658. The van der Waals surface area contributed by atoms with Crippen LogP contribution in [0.25, 0.3) is 12.2 Å². The van der Waals surface area contributed by atoms with E-state index >= 15 is 0 Å². The Kier molecular flexibility index (Phi) is 5.17. The normalized spacial score (nSPS) is 10.6. The van der Waals surface area contributed by atoms with Gasteiger partial charge >= 0.3 is 23.9 Å². The van der Waals surface area contributed by atoms with Crippen LogP contribution >= 0.6 is 0 Å². The van der Waals surface area contributed by atoms with Crippen LogP contribution in [0.2, 0.25) is 0 Å². The summed E-state index contributed by atoms with van der Waals surface area (Å²) in [5.74, 6) is -5.16. The van der Waals surface area contributed by atoms with E-state index < -0.39 is 23.9 Å². The topological polar surface area (TPSA) is 149 Å². The van der Waals surface area contributed by atoms with Crippen LogP contribution in [0.4, 0.5) is 0 Å². The number of hydrogen-bond donors (Lipinski definition) is 4. The molecule has 132 valence electrons. The van der Waals surface area contributed by atoms with E-state index in [1.54, 1.807) is 0 Å². The standard InChI is InChI=1S/C18H12O8/c19-15(20)11-5-6-13(17(23)24)10(7-11)3-1-9-2-4-12(16(21)22)8-14(9)18(25)26/h1-8H,(H,19,20)(H,21,22)(H,23,24)(H,25,26)/b3-1-. The van der Waals surface area contributed by atoms with Crippen molar-refractivity contribution in [2.75, 3.05) is 0 Å². The van der Waals surface area contributed by atoms with Gasteiger partial charge in [0.05, 0.1) is 22.3 Å². The van der Waals surface area contributed by atoms with Gasteiger partial charge in [-0.05, 0) is 41.5 Å². The first-order chi connectivity index (χ1) is 12.2. The zero-order valence-electron chi connectivity index (χ0n) is 13.0. The molecule has 2 aromatic rings. The van der Waals surface area contributed by atoms with Crippen molar-refractivity contribution < 1.29 is 39.6 Å². The number of carbonyl (C=O) groups is 4. The summed E-state index contributed by atoms with van der Waals surface area (Å²) in [6, 6.07) is 6.89. The summed E-state index contributed by atoms with van der Waals surface area (Å²) in [5, 5.41) is 36.4. The van der Waals surface area contributed by atoms with Crippen molar-refractivity contribution in [3.63, 3.8) is 0 Å². The molecule has 0 atom stereocenters. The molecule has 0 aromatic heterocycles. The molecule has 8 heteroatoms. The van der Waals surface area contributed by atoms with Crippen LogP contribution in [-0.2, 0) is 0 Å². The molecule has 0 saturated carbocycles. The van der Waals surface area contributed by atoms with Crippen LogP contribution < -0.4 is 0 Å². The number of benzene rings is 2. The van der Waals surface area contributed by atoms with Crippen molar-refractivity contribution in [2.24, 2.45) is 0 Å². The fraction of sp³-hybridized carbons (Fsp3) is 0. The summed E-state index contributed by atoms with van der Waals surface area (Å²) < 4.78 is 0. The van der Waals surface area contributed by atoms with Crippen LogP contribution in [0.3, 0.4) is 0 Å². The zero-order valence-corrected chi connectivity index (χ0v) is 13.0. The maximum Gasteiger partial charge on any atom is 0.336 e. The molecule has 2 aromatic carbocycles. The third-order valence-corrected chi connectivity index (χ3v) is 3.50. The average molecular weight is 356 g/mol. The molecule has 0 fully saturated rings. The lowest BCUT2D eigenvalue weighted by Crippen LogP contribution is -2.05. The second-order valence-corrected chi connectivity index (χ2v) is 5.16. The van der Waals surface area contributed by atoms with Gasteiger partial charge in [0.15, 0.2) is 0 Å². The minimum atomic E-state index is -1.36. The predicted octanol–water partition coefficient (Wildman–Crippen LogP) is 2.65. The van der Waals surface area contributed by atoms with Gasteiger partial charge < -0.3 is 20.4 Å².